The molecule has 1 aromatic heterocycles. The number of nitrogens with zero attached hydrogens (tertiary/aromatic N) is 2. The van der Waals surface area contributed by atoms with Gasteiger partial charge in [-0.3, -0.25) is 4.98 Å². The molecule has 0 saturated heterocycles. The van der Waals surface area contributed by atoms with E-state index in [-0.39, 0.29) is 0 Å². The summed E-state index contributed by atoms with van der Waals surface area (Å²) in [6, 6.07) is 0. The number of rotatable bonds is 3. The van der Waals surface area contributed by atoms with Gasteiger partial charge in [0.2, 0.25) is 0 Å². The summed E-state index contributed by atoms with van der Waals surface area (Å²) in [6.45, 7) is 2.04. The zero-order valence-corrected chi connectivity index (χ0v) is 7.83. The van der Waals surface area contributed by atoms with Crippen LogP contribution in [0.4, 0.5) is 0 Å². The molecule has 5 heteroatoms. The maximum absolute atomic E-state index is 11.1. The van der Waals surface area contributed by atoms with Crippen LogP contribution < -0.4 is 11.4 Å². The zero-order valence-electron chi connectivity index (χ0n) is 7.83. The van der Waals surface area contributed by atoms with Gasteiger partial charge in [-0.15, -0.1) is 0 Å². The molecule has 0 atom stereocenters. The minimum atomic E-state index is -0.491. The quantitative estimate of drug-likeness (QED) is 0.706. The summed E-state index contributed by atoms with van der Waals surface area (Å²) in [4.78, 5) is 28.4. The molecule has 0 spiro atoms. The highest BCUT2D eigenvalue weighted by Crippen LogP contribution is 1.93. The fourth-order valence-electron chi connectivity index (χ4n) is 0.975. The van der Waals surface area contributed by atoms with Crippen molar-refractivity contribution in [1.29, 1.82) is 0 Å². The third-order valence-corrected chi connectivity index (χ3v) is 1.84. The Morgan fingerprint density at radius 1 is 1.46 bits per heavy atom. The van der Waals surface area contributed by atoms with Crippen LogP contribution in [0.5, 0.6) is 0 Å². The van der Waals surface area contributed by atoms with Crippen LogP contribution >= 0.6 is 0 Å². The van der Waals surface area contributed by atoms with Crippen molar-refractivity contribution in [2.24, 2.45) is 7.05 Å². The number of aryl methyl sites for hydroxylation is 1. The summed E-state index contributed by atoms with van der Waals surface area (Å²) < 4.78 is 0.954. The third-order valence-electron chi connectivity index (χ3n) is 1.84. The van der Waals surface area contributed by atoms with Crippen molar-refractivity contribution in [3.8, 4) is 0 Å². The molecule has 0 aliphatic rings. The minimum absolute atomic E-state index is 0.397. The monoisotopic (exact) mass is 183 g/mol. The predicted octanol–water partition coefficient (Wildman–Crippen LogP) is -0.189. The van der Waals surface area contributed by atoms with Gasteiger partial charge in [-0.1, -0.05) is 13.3 Å². The lowest BCUT2D eigenvalue weighted by molar-refractivity contribution is 0.667. The Balaban J connectivity index is 3.00. The third kappa shape index (κ3) is 2.27. The molecule has 0 bridgehead atoms. The second-order valence-corrected chi connectivity index (χ2v) is 2.93. The van der Waals surface area contributed by atoms with E-state index in [2.05, 4.69) is 9.97 Å². The number of H-pyrrole nitrogens is 1. The Morgan fingerprint density at radius 2 is 2.15 bits per heavy atom. The predicted molar refractivity (Wildman–Crippen MR) is 48.7 cm³/mol. The van der Waals surface area contributed by atoms with Gasteiger partial charge < -0.3 is 0 Å². The molecule has 0 aromatic carbocycles. The summed E-state index contributed by atoms with van der Waals surface area (Å²) >= 11 is 0. The molecule has 0 amide bonds. The number of aromatic nitrogens is 3. The van der Waals surface area contributed by atoms with E-state index >= 15 is 0 Å². The largest absolute Gasteiger partial charge is 0.353 e. The average Bonchev–Trinajstić information content (AvgIpc) is 2.10. The van der Waals surface area contributed by atoms with Crippen molar-refractivity contribution < 1.29 is 0 Å². The highest BCUT2D eigenvalue weighted by molar-refractivity contribution is 4.83. The van der Waals surface area contributed by atoms with E-state index in [1.165, 1.54) is 7.05 Å². The van der Waals surface area contributed by atoms with Crippen LogP contribution in [0.25, 0.3) is 0 Å². The van der Waals surface area contributed by atoms with Gasteiger partial charge in [-0.05, 0) is 6.42 Å². The molecule has 13 heavy (non-hydrogen) atoms. The van der Waals surface area contributed by atoms with Crippen LogP contribution in [0, 0.1) is 0 Å². The van der Waals surface area contributed by atoms with Crippen molar-refractivity contribution in [1.82, 2.24) is 14.5 Å². The molecule has 1 N–H and O–H groups in total. The molecule has 5 nitrogen and oxygen atoms in total. The van der Waals surface area contributed by atoms with E-state index in [0.29, 0.717) is 12.2 Å². The maximum atomic E-state index is 11.1. The fraction of sp³-hybridized carbons (Fsp3) is 0.625. The normalized spacial score (nSPS) is 10.3. The summed E-state index contributed by atoms with van der Waals surface area (Å²) in [7, 11) is 1.40. The first-order chi connectivity index (χ1) is 6.15. The molecule has 0 radical (unpaired) electrons. The van der Waals surface area contributed by atoms with Gasteiger partial charge in [0.1, 0.15) is 5.82 Å². The topological polar surface area (TPSA) is 67.8 Å². The molecule has 1 aromatic rings. The minimum Gasteiger partial charge on any atom is -0.295 e. The Kier molecular flexibility index (Phi) is 3.00. The van der Waals surface area contributed by atoms with Crippen LogP contribution in [-0.2, 0) is 13.5 Å². The molecule has 1 rings (SSSR count). The molecule has 72 valence electrons. The van der Waals surface area contributed by atoms with E-state index in [0.717, 1.165) is 17.4 Å². The smallest absolute Gasteiger partial charge is 0.295 e. The van der Waals surface area contributed by atoms with E-state index in [9.17, 15) is 9.59 Å². The zero-order chi connectivity index (χ0) is 9.84. The first-order valence-electron chi connectivity index (χ1n) is 4.31. The van der Waals surface area contributed by atoms with E-state index in [1.807, 2.05) is 6.92 Å². The lowest BCUT2D eigenvalue weighted by Gasteiger charge is -1.99. The van der Waals surface area contributed by atoms with Gasteiger partial charge in [-0.25, -0.2) is 14.2 Å². The lowest BCUT2D eigenvalue weighted by atomic mass is 10.2. The van der Waals surface area contributed by atoms with Crippen LogP contribution in [0.1, 0.15) is 25.6 Å². The van der Waals surface area contributed by atoms with Crippen molar-refractivity contribution in [3.05, 3.63) is 26.8 Å². The van der Waals surface area contributed by atoms with Crippen LogP contribution in [0.2, 0.25) is 0 Å². The summed E-state index contributed by atoms with van der Waals surface area (Å²) in [5, 5.41) is 0. The van der Waals surface area contributed by atoms with Crippen molar-refractivity contribution >= 4 is 0 Å². The lowest BCUT2D eigenvalue weighted by Crippen LogP contribution is -2.35. The summed E-state index contributed by atoms with van der Waals surface area (Å²) in [5.74, 6) is 0.481. The first-order valence-corrected chi connectivity index (χ1v) is 4.31. The van der Waals surface area contributed by atoms with Gasteiger partial charge >= 0.3 is 11.4 Å². The fourth-order valence-corrected chi connectivity index (χ4v) is 0.975. The van der Waals surface area contributed by atoms with E-state index in [1.54, 1.807) is 0 Å². The van der Waals surface area contributed by atoms with Crippen molar-refractivity contribution in [2.75, 3.05) is 0 Å². The van der Waals surface area contributed by atoms with E-state index in [4.69, 9.17) is 0 Å². The Hall–Kier alpha value is -1.39. The number of unbranched alkanes of at least 4 members (excludes halogenated alkanes) is 1. The van der Waals surface area contributed by atoms with Gasteiger partial charge in [0, 0.05) is 13.5 Å². The van der Waals surface area contributed by atoms with E-state index < -0.39 is 11.4 Å². The molecule has 0 fully saturated rings. The highest BCUT2D eigenvalue weighted by Gasteiger charge is 2.00. The number of aromatic amines is 1. The Bertz CT molecular complexity index is 360. The van der Waals surface area contributed by atoms with Gasteiger partial charge in [0.25, 0.3) is 0 Å². The van der Waals surface area contributed by atoms with Crippen LogP contribution in [-0.4, -0.2) is 14.5 Å². The molecular weight excluding hydrogens is 170 g/mol. The van der Waals surface area contributed by atoms with Crippen LogP contribution in [0.15, 0.2) is 9.59 Å². The second-order valence-electron chi connectivity index (χ2n) is 2.93. The Morgan fingerprint density at radius 3 is 2.69 bits per heavy atom. The first kappa shape index (κ1) is 9.70. The molecule has 0 unspecified atom stereocenters. The van der Waals surface area contributed by atoms with Crippen molar-refractivity contribution in [3.63, 3.8) is 0 Å². The van der Waals surface area contributed by atoms with Gasteiger partial charge in [0.05, 0.1) is 0 Å². The Labute approximate surface area is 75.4 Å². The molecule has 0 aliphatic heterocycles. The summed E-state index contributed by atoms with van der Waals surface area (Å²) in [6.07, 6.45) is 2.59. The average molecular weight is 183 g/mol. The molecular formula is C8H13N3O2. The number of hydrogen-bond acceptors (Lipinski definition) is 3. The van der Waals surface area contributed by atoms with Gasteiger partial charge in [-0.2, -0.15) is 4.98 Å². The van der Waals surface area contributed by atoms with Crippen molar-refractivity contribution in [2.45, 2.75) is 26.2 Å². The molecule has 1 heterocycles. The summed E-state index contributed by atoms with van der Waals surface area (Å²) in [5.41, 5.74) is -0.888. The van der Waals surface area contributed by atoms with Crippen LogP contribution in [0.3, 0.4) is 0 Å². The second kappa shape index (κ2) is 4.02. The molecule has 0 aliphatic carbocycles. The maximum Gasteiger partial charge on any atom is 0.353 e. The standard InChI is InChI=1S/C8H13N3O2/c1-3-4-5-6-9-7(12)11(2)8(13)10-6/h3-5H2,1-2H3,(H,9,10,12,13). The van der Waals surface area contributed by atoms with Gasteiger partial charge in [0.15, 0.2) is 0 Å². The molecule has 0 saturated carbocycles. The highest BCUT2D eigenvalue weighted by atomic mass is 16.2. The number of hydrogen-bond donors (Lipinski definition) is 1. The number of nitrogens with one attached hydrogen (secondary N) is 1. The SMILES string of the molecule is CCCCc1nc(=O)n(C)c(=O)[nH]1.